The lowest BCUT2D eigenvalue weighted by Gasteiger charge is -2.02. The highest BCUT2D eigenvalue weighted by atomic mass is 127. The fourth-order valence-corrected chi connectivity index (χ4v) is 1.56. The molecule has 15 heavy (non-hydrogen) atoms. The van der Waals surface area contributed by atoms with Crippen molar-refractivity contribution >= 4 is 44.3 Å². The highest BCUT2D eigenvalue weighted by Crippen LogP contribution is 2.13. The zero-order valence-electron chi connectivity index (χ0n) is 7.44. The number of amides is 1. The average molecular weight is 340 g/mol. The number of rotatable bonds is 3. The topological polar surface area (TPSA) is 83.1 Å². The summed E-state index contributed by atoms with van der Waals surface area (Å²) in [5.41, 5.74) is 0.462. The summed E-state index contributed by atoms with van der Waals surface area (Å²) >= 11 is 1.90. The van der Waals surface area contributed by atoms with Gasteiger partial charge in [-0.05, 0) is 24.3 Å². The van der Waals surface area contributed by atoms with Gasteiger partial charge in [-0.2, -0.15) is 8.42 Å². The van der Waals surface area contributed by atoms with Crippen LogP contribution in [0.5, 0.6) is 0 Å². The Kier molecular flexibility index (Phi) is 4.05. The summed E-state index contributed by atoms with van der Waals surface area (Å²) in [7, 11) is -4.42. The van der Waals surface area contributed by atoms with E-state index in [-0.39, 0.29) is 10.8 Å². The van der Waals surface area contributed by atoms with Crippen molar-refractivity contribution in [1.82, 2.24) is 0 Å². The van der Waals surface area contributed by atoms with E-state index in [1.54, 1.807) is 0 Å². The lowest BCUT2D eigenvalue weighted by molar-refractivity contribution is -0.113. The van der Waals surface area contributed by atoms with Crippen molar-refractivity contribution in [3.63, 3.8) is 0 Å². The van der Waals surface area contributed by atoms with Crippen molar-refractivity contribution in [2.75, 3.05) is 9.74 Å². The van der Waals surface area contributed by atoms with Gasteiger partial charge in [-0.1, -0.05) is 27.1 Å². The summed E-state index contributed by atoms with van der Waals surface area (Å²) in [6, 6.07) is 5.06. The Hall–Kier alpha value is -0.670. The van der Waals surface area contributed by atoms with Gasteiger partial charge in [0.2, 0.25) is 5.91 Å². The highest BCUT2D eigenvalue weighted by molar-refractivity contribution is 14.1. The summed E-state index contributed by atoms with van der Waals surface area (Å²) in [6.07, 6.45) is 0. The maximum Gasteiger partial charge on any atom is 0.324 e. The average Bonchev–Trinajstić information content (AvgIpc) is 2.17. The first-order valence-electron chi connectivity index (χ1n) is 3.85. The number of anilines is 1. The number of carbonyl (C=O) groups is 1. The summed E-state index contributed by atoms with van der Waals surface area (Å²) in [4.78, 5) is 10.7. The Labute approximate surface area is 101 Å². The van der Waals surface area contributed by atoms with E-state index in [0.29, 0.717) is 10.1 Å². The molecule has 5 nitrogen and oxygen atoms in total. The quantitative estimate of drug-likeness (QED) is 0.663. The van der Waals surface area contributed by atoms with Gasteiger partial charge in [-0.15, -0.1) is 0 Å². The lowest BCUT2D eigenvalue weighted by Crippen LogP contribution is -2.12. The third-order valence-corrected chi connectivity index (χ3v) is 3.09. The number of halogens is 1. The Balaban J connectivity index is 2.86. The molecule has 1 amide bonds. The van der Waals surface area contributed by atoms with Crippen LogP contribution in [-0.4, -0.2) is 18.8 Å². The molecule has 0 spiro atoms. The maximum absolute atomic E-state index is 11.0. The second-order valence-corrected chi connectivity index (χ2v) is 4.80. The van der Waals surface area contributed by atoms with E-state index in [1.807, 2.05) is 22.6 Å². The van der Waals surface area contributed by atoms with Crippen molar-refractivity contribution in [3.05, 3.63) is 24.3 Å². The van der Waals surface area contributed by atoms with Crippen LogP contribution >= 0.6 is 22.6 Å². The fraction of sp³-hybridized carbons (Fsp3) is 0.125. The summed E-state index contributed by atoms with van der Waals surface area (Å²) in [6.45, 7) is 0. The second-order valence-electron chi connectivity index (χ2n) is 2.66. The molecular formula is C8H7INO4S. The molecule has 0 saturated carbocycles. The minimum atomic E-state index is -4.42. The van der Waals surface area contributed by atoms with Gasteiger partial charge < -0.3 is 5.32 Å². The van der Waals surface area contributed by atoms with Crippen LogP contribution in [0, 0.1) is 0 Å². The first kappa shape index (κ1) is 12.4. The molecule has 0 aliphatic carbocycles. The van der Waals surface area contributed by atoms with Crippen molar-refractivity contribution in [2.45, 2.75) is 4.90 Å². The monoisotopic (exact) mass is 340 g/mol. The fourth-order valence-electron chi connectivity index (χ4n) is 0.899. The number of carbonyl (C=O) groups excluding carboxylic acids is 1. The smallest absolute Gasteiger partial charge is 0.324 e. The van der Waals surface area contributed by atoms with Crippen LogP contribution in [0.15, 0.2) is 29.2 Å². The van der Waals surface area contributed by atoms with E-state index in [0.717, 1.165) is 12.1 Å². The van der Waals surface area contributed by atoms with Crippen molar-refractivity contribution in [3.8, 4) is 0 Å². The highest BCUT2D eigenvalue weighted by Gasteiger charge is 2.10. The maximum atomic E-state index is 11.0. The number of hydrogen-bond acceptors (Lipinski definition) is 3. The van der Waals surface area contributed by atoms with Gasteiger partial charge in [-0.3, -0.25) is 4.79 Å². The third-order valence-electron chi connectivity index (χ3n) is 1.55. The van der Waals surface area contributed by atoms with E-state index in [1.165, 1.54) is 12.1 Å². The van der Waals surface area contributed by atoms with Gasteiger partial charge in [-0.25, -0.2) is 0 Å². The van der Waals surface area contributed by atoms with Gasteiger partial charge in [0.15, 0.2) is 0 Å². The molecule has 0 aliphatic rings. The minimum absolute atomic E-state index is 0.187. The van der Waals surface area contributed by atoms with Gasteiger partial charge in [0.25, 0.3) is 0 Å². The van der Waals surface area contributed by atoms with Crippen molar-refractivity contribution < 1.29 is 17.8 Å². The van der Waals surface area contributed by atoms with E-state index < -0.39 is 10.1 Å². The second kappa shape index (κ2) is 4.90. The molecular weight excluding hydrogens is 333 g/mol. The Bertz CT molecular complexity index is 454. The molecule has 0 aliphatic heterocycles. The molecule has 0 bridgehead atoms. The Morgan fingerprint density at radius 1 is 1.27 bits per heavy atom. The summed E-state index contributed by atoms with van der Waals surface area (Å²) in [5.74, 6) is -0.187. The predicted molar refractivity (Wildman–Crippen MR) is 61.8 cm³/mol. The third kappa shape index (κ3) is 3.76. The number of hydrogen-bond donors (Lipinski definition) is 1. The molecule has 0 heterocycles. The zero-order valence-corrected chi connectivity index (χ0v) is 10.4. The van der Waals surface area contributed by atoms with Crippen LogP contribution in [0.4, 0.5) is 5.69 Å². The van der Waals surface area contributed by atoms with E-state index in [2.05, 4.69) is 5.32 Å². The molecule has 0 saturated heterocycles. The molecule has 81 valence electrons. The van der Waals surface area contributed by atoms with Crippen LogP contribution < -0.4 is 5.32 Å². The van der Waals surface area contributed by atoms with Crippen LogP contribution in [0.2, 0.25) is 0 Å². The standard InChI is InChI=1S/C8H7INO4S/c9-5-8(11)10-6-1-3-7(4-2-6)15(12,13)14/h1-4H,5H2,(H,10,11). The van der Waals surface area contributed by atoms with Crippen molar-refractivity contribution in [2.24, 2.45) is 0 Å². The molecule has 1 aromatic carbocycles. The molecule has 1 radical (unpaired) electrons. The largest absolute Gasteiger partial charge is 0.325 e. The van der Waals surface area contributed by atoms with E-state index in [4.69, 9.17) is 0 Å². The zero-order chi connectivity index (χ0) is 11.5. The molecule has 0 fully saturated rings. The molecule has 1 N–H and O–H groups in total. The van der Waals surface area contributed by atoms with Crippen LogP contribution in [0.25, 0.3) is 0 Å². The summed E-state index contributed by atoms with van der Waals surface area (Å²) in [5, 5.41) is 2.53. The molecule has 0 atom stereocenters. The lowest BCUT2D eigenvalue weighted by atomic mass is 10.3. The first-order valence-corrected chi connectivity index (χ1v) is 6.78. The van der Waals surface area contributed by atoms with Gasteiger partial charge in [0.1, 0.15) is 0 Å². The Morgan fingerprint density at radius 3 is 2.20 bits per heavy atom. The van der Waals surface area contributed by atoms with Gasteiger partial charge in [0, 0.05) is 5.69 Å². The molecule has 7 heteroatoms. The van der Waals surface area contributed by atoms with Crippen LogP contribution in [-0.2, 0) is 19.5 Å². The minimum Gasteiger partial charge on any atom is -0.325 e. The normalized spacial score (nSPS) is 11.1. The van der Waals surface area contributed by atoms with E-state index >= 15 is 0 Å². The number of nitrogens with one attached hydrogen (secondary N) is 1. The number of benzene rings is 1. The molecule has 1 aromatic rings. The molecule has 1 rings (SSSR count). The van der Waals surface area contributed by atoms with Gasteiger partial charge in [0.05, 0.1) is 9.32 Å². The first-order chi connectivity index (χ1) is 6.93. The van der Waals surface area contributed by atoms with Crippen LogP contribution in [0.3, 0.4) is 0 Å². The van der Waals surface area contributed by atoms with Crippen molar-refractivity contribution in [1.29, 1.82) is 0 Å². The molecule has 0 aromatic heterocycles. The Morgan fingerprint density at radius 2 is 1.80 bits per heavy atom. The summed E-state index contributed by atoms with van der Waals surface area (Å²) < 4.78 is 32.0. The number of alkyl halides is 1. The predicted octanol–water partition coefficient (Wildman–Crippen LogP) is 1.18. The van der Waals surface area contributed by atoms with Crippen LogP contribution in [0.1, 0.15) is 0 Å². The SMILES string of the molecule is [O]S(=O)(=O)c1ccc(NC(=O)CI)cc1. The van der Waals surface area contributed by atoms with Gasteiger partial charge >= 0.3 is 10.1 Å². The van der Waals surface area contributed by atoms with E-state index in [9.17, 15) is 17.8 Å². The molecule has 0 unspecified atom stereocenters.